The summed E-state index contributed by atoms with van der Waals surface area (Å²) in [6.45, 7) is 4.98. The number of anilines is 1. The van der Waals surface area contributed by atoms with Crippen molar-refractivity contribution in [1.29, 1.82) is 0 Å². The van der Waals surface area contributed by atoms with Crippen molar-refractivity contribution in [2.24, 2.45) is 0 Å². The Morgan fingerprint density at radius 3 is 2.75 bits per heavy atom. The van der Waals surface area contributed by atoms with E-state index in [1.165, 1.54) is 9.77 Å². The van der Waals surface area contributed by atoms with Gasteiger partial charge in [-0.3, -0.25) is 0 Å². The van der Waals surface area contributed by atoms with E-state index in [9.17, 15) is 0 Å². The molecule has 0 unspecified atom stereocenters. The van der Waals surface area contributed by atoms with Crippen LogP contribution in [-0.2, 0) is 0 Å². The van der Waals surface area contributed by atoms with Gasteiger partial charge in [0.05, 0.1) is 0 Å². The Balaban J connectivity index is 2.07. The third kappa shape index (κ3) is 2.78. The zero-order valence-electron chi connectivity index (χ0n) is 11.4. The Morgan fingerprint density at radius 1 is 1.20 bits per heavy atom. The van der Waals surface area contributed by atoms with Crippen molar-refractivity contribution < 1.29 is 0 Å². The molecule has 0 fully saturated rings. The number of hydrogen-bond donors (Lipinski definition) is 1. The number of hydrogen-bond acceptors (Lipinski definition) is 5. The lowest BCUT2D eigenvalue weighted by Crippen LogP contribution is -2.02. The van der Waals surface area contributed by atoms with E-state index in [0.29, 0.717) is 5.95 Å². The summed E-state index contributed by atoms with van der Waals surface area (Å²) in [4.78, 5) is 12.7. The highest BCUT2D eigenvalue weighted by Gasteiger charge is 2.11. The summed E-state index contributed by atoms with van der Waals surface area (Å²) >= 11 is 3.40. The highest BCUT2D eigenvalue weighted by atomic mass is 32.2. The van der Waals surface area contributed by atoms with Crippen LogP contribution in [0.4, 0.5) is 5.95 Å². The van der Waals surface area contributed by atoms with Crippen molar-refractivity contribution in [3.63, 3.8) is 0 Å². The molecule has 2 heterocycles. The van der Waals surface area contributed by atoms with E-state index >= 15 is 0 Å². The molecular formula is C15H15N3S2. The van der Waals surface area contributed by atoms with E-state index in [4.69, 9.17) is 0 Å². The van der Waals surface area contributed by atoms with Crippen molar-refractivity contribution in [2.75, 3.05) is 11.9 Å². The van der Waals surface area contributed by atoms with E-state index < -0.39 is 0 Å². The largest absolute Gasteiger partial charge is 0.354 e. The molecule has 0 amide bonds. The molecule has 3 rings (SSSR count). The maximum absolute atomic E-state index is 4.65. The minimum atomic E-state index is 0.709. The molecule has 0 aliphatic heterocycles. The molecule has 1 aromatic carbocycles. The molecule has 0 saturated heterocycles. The number of fused-ring (bicyclic) bond motifs is 1. The summed E-state index contributed by atoms with van der Waals surface area (Å²) in [6, 6.07) is 12.5. The molecule has 0 bridgehead atoms. The van der Waals surface area contributed by atoms with Crippen LogP contribution in [0.5, 0.6) is 0 Å². The van der Waals surface area contributed by atoms with Crippen LogP contribution < -0.4 is 5.32 Å². The highest BCUT2D eigenvalue weighted by Crippen LogP contribution is 2.35. The van der Waals surface area contributed by atoms with Crippen LogP contribution in [0.3, 0.4) is 0 Å². The lowest BCUT2D eigenvalue weighted by Gasteiger charge is -2.06. The predicted octanol–water partition coefficient (Wildman–Crippen LogP) is 4.58. The number of aromatic nitrogens is 2. The summed E-state index contributed by atoms with van der Waals surface area (Å²) in [5.74, 6) is 0.709. The zero-order chi connectivity index (χ0) is 13.9. The number of aryl methyl sites for hydroxylation is 1. The minimum Gasteiger partial charge on any atom is -0.354 e. The second-order valence-corrected chi connectivity index (χ2v) is 6.67. The first kappa shape index (κ1) is 13.4. The van der Waals surface area contributed by atoms with Crippen molar-refractivity contribution in [1.82, 2.24) is 9.97 Å². The molecule has 0 aliphatic carbocycles. The molecule has 0 radical (unpaired) electrons. The molecule has 3 nitrogen and oxygen atoms in total. The lowest BCUT2D eigenvalue weighted by atomic mass is 10.4. The molecule has 0 saturated carbocycles. The first-order chi connectivity index (χ1) is 9.76. The molecule has 0 spiro atoms. The quantitative estimate of drug-likeness (QED) is 0.716. The van der Waals surface area contributed by atoms with Gasteiger partial charge in [0.15, 0.2) is 0 Å². The summed E-state index contributed by atoms with van der Waals surface area (Å²) in [5.41, 5.74) is 0. The molecule has 0 atom stereocenters. The molecule has 102 valence electrons. The van der Waals surface area contributed by atoms with Gasteiger partial charge in [-0.15, -0.1) is 11.3 Å². The number of rotatable bonds is 4. The number of thiophene rings is 1. The van der Waals surface area contributed by atoms with Crippen molar-refractivity contribution in [3.05, 3.63) is 41.3 Å². The smallest absolute Gasteiger partial charge is 0.225 e. The molecule has 20 heavy (non-hydrogen) atoms. The van der Waals surface area contributed by atoms with E-state index in [1.807, 2.05) is 18.2 Å². The van der Waals surface area contributed by atoms with E-state index in [0.717, 1.165) is 21.8 Å². The fourth-order valence-electron chi connectivity index (χ4n) is 1.93. The third-order valence-corrected chi connectivity index (χ3v) is 4.73. The molecule has 2 aromatic heterocycles. The molecule has 1 N–H and O–H groups in total. The average molecular weight is 301 g/mol. The summed E-state index contributed by atoms with van der Waals surface area (Å²) < 4.78 is 0. The minimum absolute atomic E-state index is 0.709. The van der Waals surface area contributed by atoms with Crippen LogP contribution in [0.1, 0.15) is 11.8 Å². The predicted molar refractivity (Wildman–Crippen MR) is 86.9 cm³/mol. The Morgan fingerprint density at radius 2 is 2.00 bits per heavy atom. The molecule has 5 heteroatoms. The average Bonchev–Trinajstić information content (AvgIpc) is 2.81. The van der Waals surface area contributed by atoms with Gasteiger partial charge >= 0.3 is 0 Å². The van der Waals surface area contributed by atoms with E-state index in [1.54, 1.807) is 23.1 Å². The van der Waals surface area contributed by atoms with Crippen molar-refractivity contribution >= 4 is 39.3 Å². The SMILES string of the molecule is CCNc1nc(Sc2ccccc2)c2cc(C)sc2n1. The Bertz CT molecular complexity index is 723. The summed E-state index contributed by atoms with van der Waals surface area (Å²) in [5, 5.41) is 5.36. The van der Waals surface area contributed by atoms with Gasteiger partial charge in [0.25, 0.3) is 0 Å². The maximum Gasteiger partial charge on any atom is 0.225 e. The normalized spacial score (nSPS) is 10.9. The second-order valence-electron chi connectivity index (χ2n) is 4.37. The van der Waals surface area contributed by atoms with Crippen LogP contribution in [0.2, 0.25) is 0 Å². The third-order valence-electron chi connectivity index (χ3n) is 2.77. The fraction of sp³-hybridized carbons (Fsp3) is 0.200. The van der Waals surface area contributed by atoms with Gasteiger partial charge in [-0.25, -0.2) is 9.97 Å². The van der Waals surface area contributed by atoms with Gasteiger partial charge in [-0.1, -0.05) is 30.0 Å². The van der Waals surface area contributed by atoms with Crippen molar-refractivity contribution in [2.45, 2.75) is 23.8 Å². The fourth-order valence-corrected chi connectivity index (χ4v) is 3.79. The molecule has 3 aromatic rings. The van der Waals surface area contributed by atoms with Gasteiger partial charge in [0.2, 0.25) is 5.95 Å². The molecular weight excluding hydrogens is 286 g/mol. The topological polar surface area (TPSA) is 37.8 Å². The van der Waals surface area contributed by atoms with Crippen LogP contribution in [0.15, 0.2) is 46.3 Å². The van der Waals surface area contributed by atoms with Crippen LogP contribution in [0, 0.1) is 6.92 Å². The Kier molecular flexibility index (Phi) is 3.89. The van der Waals surface area contributed by atoms with E-state index in [2.05, 4.69) is 47.3 Å². The van der Waals surface area contributed by atoms with Gasteiger partial charge in [0, 0.05) is 21.7 Å². The monoisotopic (exact) mass is 301 g/mol. The van der Waals surface area contributed by atoms with Gasteiger partial charge in [0.1, 0.15) is 9.86 Å². The number of nitrogens with zero attached hydrogens (tertiary/aromatic N) is 2. The number of nitrogens with one attached hydrogen (secondary N) is 1. The summed E-state index contributed by atoms with van der Waals surface area (Å²) in [6.07, 6.45) is 0. The standard InChI is InChI=1S/C15H15N3S2/c1-3-16-15-17-13-12(9-10(2)19-13)14(18-15)20-11-7-5-4-6-8-11/h4-9H,3H2,1-2H3,(H,16,17,18). The first-order valence-electron chi connectivity index (χ1n) is 6.51. The van der Waals surface area contributed by atoms with Crippen LogP contribution in [-0.4, -0.2) is 16.5 Å². The van der Waals surface area contributed by atoms with Crippen molar-refractivity contribution in [3.8, 4) is 0 Å². The summed E-state index contributed by atoms with van der Waals surface area (Å²) in [7, 11) is 0. The van der Waals surface area contributed by atoms with Gasteiger partial charge in [-0.05, 0) is 32.0 Å². The molecule has 0 aliphatic rings. The van der Waals surface area contributed by atoms with Crippen LogP contribution in [0.25, 0.3) is 10.2 Å². The first-order valence-corrected chi connectivity index (χ1v) is 8.14. The van der Waals surface area contributed by atoms with Gasteiger partial charge < -0.3 is 5.32 Å². The zero-order valence-corrected chi connectivity index (χ0v) is 13.0. The van der Waals surface area contributed by atoms with E-state index in [-0.39, 0.29) is 0 Å². The van der Waals surface area contributed by atoms with Crippen LogP contribution >= 0.6 is 23.1 Å². The Labute approximate surface area is 126 Å². The van der Waals surface area contributed by atoms with Gasteiger partial charge in [-0.2, -0.15) is 0 Å². The Hall–Kier alpha value is -1.59. The lowest BCUT2D eigenvalue weighted by molar-refractivity contribution is 1.06. The number of benzene rings is 1. The maximum atomic E-state index is 4.65. The highest BCUT2D eigenvalue weighted by molar-refractivity contribution is 7.99. The second kappa shape index (κ2) is 5.81.